The van der Waals surface area contributed by atoms with Gasteiger partial charge in [0, 0.05) is 11.6 Å². The molecule has 41 heavy (non-hydrogen) atoms. The first-order chi connectivity index (χ1) is 19.7. The zero-order chi connectivity index (χ0) is 29.3. The summed E-state index contributed by atoms with van der Waals surface area (Å²) in [4.78, 5) is 43.9. The molecule has 9 nitrogen and oxygen atoms in total. The largest absolute Gasteiger partial charge is 0.496 e. The molecule has 0 radical (unpaired) electrons. The highest BCUT2D eigenvalue weighted by Gasteiger charge is 2.33. The molecule has 5 rings (SSSR count). The highest BCUT2D eigenvalue weighted by Crippen LogP contribution is 2.35. The smallest absolute Gasteiger partial charge is 0.338 e. The number of thiazole rings is 1. The predicted molar refractivity (Wildman–Crippen MR) is 157 cm³/mol. The van der Waals surface area contributed by atoms with Crippen LogP contribution in [0.15, 0.2) is 84.5 Å². The molecule has 2 aromatic heterocycles. The lowest BCUT2D eigenvalue weighted by atomic mass is 9.96. The molecule has 4 aromatic rings. The van der Waals surface area contributed by atoms with Crippen molar-refractivity contribution in [3.05, 3.63) is 107 Å². The summed E-state index contributed by atoms with van der Waals surface area (Å²) in [5.74, 6) is 0.598. The van der Waals surface area contributed by atoms with Crippen molar-refractivity contribution in [2.45, 2.75) is 19.9 Å². The second-order valence-electron chi connectivity index (χ2n) is 8.97. The van der Waals surface area contributed by atoms with Gasteiger partial charge in [-0.05, 0) is 71.7 Å². The number of furan rings is 1. The average Bonchev–Trinajstić information content (AvgIpc) is 3.56. The van der Waals surface area contributed by atoms with E-state index in [0.717, 1.165) is 0 Å². The van der Waals surface area contributed by atoms with Crippen molar-refractivity contribution >= 4 is 45.3 Å². The maximum Gasteiger partial charge on any atom is 0.338 e. The minimum absolute atomic E-state index is 0.183. The van der Waals surface area contributed by atoms with Crippen molar-refractivity contribution in [3.63, 3.8) is 0 Å². The molecular formula is C30H25BrN2O7S. The van der Waals surface area contributed by atoms with Gasteiger partial charge in [0.05, 0.1) is 52.7 Å². The van der Waals surface area contributed by atoms with Gasteiger partial charge in [0.2, 0.25) is 0 Å². The molecule has 0 saturated carbocycles. The van der Waals surface area contributed by atoms with Crippen molar-refractivity contribution in [2.24, 2.45) is 4.99 Å². The second-order valence-corrected chi connectivity index (χ2v) is 10.8. The van der Waals surface area contributed by atoms with Crippen LogP contribution in [0.3, 0.4) is 0 Å². The fourth-order valence-electron chi connectivity index (χ4n) is 4.59. The lowest BCUT2D eigenvalue weighted by Gasteiger charge is -2.25. The minimum Gasteiger partial charge on any atom is -0.496 e. The average molecular weight is 638 g/mol. The van der Waals surface area contributed by atoms with Crippen molar-refractivity contribution < 1.29 is 28.2 Å². The Kier molecular flexibility index (Phi) is 8.09. The number of rotatable bonds is 7. The summed E-state index contributed by atoms with van der Waals surface area (Å²) in [7, 11) is 2.89. The SMILES string of the molecule is CCOC(=O)C1=C(C)N=c2s/c(=C/c3ccc(-c4cccc(C(=O)OC)c4)o3)c(=O)n2C1c1ccc(OC)c(Br)c1. The zero-order valence-corrected chi connectivity index (χ0v) is 25.0. The van der Waals surface area contributed by atoms with Crippen LogP contribution < -0.4 is 19.6 Å². The van der Waals surface area contributed by atoms with E-state index in [4.69, 9.17) is 18.6 Å². The van der Waals surface area contributed by atoms with Gasteiger partial charge in [0.1, 0.15) is 17.3 Å². The maximum atomic E-state index is 13.8. The number of aromatic nitrogens is 1. The van der Waals surface area contributed by atoms with Crippen LogP contribution in [0.25, 0.3) is 17.4 Å². The van der Waals surface area contributed by atoms with Crippen molar-refractivity contribution in [1.82, 2.24) is 4.57 Å². The first kappa shape index (κ1) is 28.3. The number of hydrogen-bond donors (Lipinski definition) is 0. The number of methoxy groups -OCH3 is 2. The van der Waals surface area contributed by atoms with E-state index in [-0.39, 0.29) is 17.7 Å². The van der Waals surface area contributed by atoms with E-state index >= 15 is 0 Å². The molecule has 0 fully saturated rings. The highest BCUT2D eigenvalue weighted by molar-refractivity contribution is 9.10. The van der Waals surface area contributed by atoms with Crippen molar-refractivity contribution in [2.75, 3.05) is 20.8 Å². The molecule has 0 N–H and O–H groups in total. The number of ether oxygens (including phenoxy) is 3. The molecule has 1 unspecified atom stereocenters. The first-order valence-corrected chi connectivity index (χ1v) is 14.2. The number of carbonyl (C=O) groups is 2. The monoisotopic (exact) mass is 636 g/mol. The number of esters is 2. The van der Waals surface area contributed by atoms with E-state index in [1.807, 2.05) is 18.2 Å². The molecule has 0 amide bonds. The van der Waals surface area contributed by atoms with Gasteiger partial charge in [0.25, 0.3) is 5.56 Å². The van der Waals surface area contributed by atoms with E-state index in [1.165, 1.54) is 23.0 Å². The van der Waals surface area contributed by atoms with E-state index < -0.39 is 18.0 Å². The van der Waals surface area contributed by atoms with E-state index in [1.54, 1.807) is 63.4 Å². The number of carbonyl (C=O) groups excluding carboxylic acids is 2. The summed E-state index contributed by atoms with van der Waals surface area (Å²) < 4.78 is 24.1. The zero-order valence-electron chi connectivity index (χ0n) is 22.6. The van der Waals surface area contributed by atoms with Crippen LogP contribution >= 0.6 is 27.3 Å². The van der Waals surface area contributed by atoms with Gasteiger partial charge in [-0.3, -0.25) is 9.36 Å². The predicted octanol–water partition coefficient (Wildman–Crippen LogP) is 4.62. The topological polar surface area (TPSA) is 109 Å². The van der Waals surface area contributed by atoms with Gasteiger partial charge in [-0.1, -0.05) is 29.5 Å². The Balaban J connectivity index is 1.61. The van der Waals surface area contributed by atoms with Crippen LogP contribution in [0.2, 0.25) is 0 Å². The summed E-state index contributed by atoms with van der Waals surface area (Å²) >= 11 is 4.71. The fraction of sp³-hybridized carbons (Fsp3) is 0.200. The Labute approximate surface area is 247 Å². The Morgan fingerprint density at radius 2 is 1.93 bits per heavy atom. The summed E-state index contributed by atoms with van der Waals surface area (Å²) in [6.07, 6.45) is 1.64. The van der Waals surface area contributed by atoms with Gasteiger partial charge in [0.15, 0.2) is 4.80 Å². The molecule has 210 valence electrons. The molecule has 0 saturated heterocycles. The van der Waals surface area contributed by atoms with Crippen LogP contribution in [0, 0.1) is 0 Å². The third-order valence-electron chi connectivity index (χ3n) is 6.48. The number of allylic oxidation sites excluding steroid dienone is 1. The lowest BCUT2D eigenvalue weighted by Crippen LogP contribution is -2.39. The van der Waals surface area contributed by atoms with Crippen LogP contribution in [0.5, 0.6) is 5.75 Å². The van der Waals surface area contributed by atoms with Gasteiger partial charge >= 0.3 is 11.9 Å². The molecular weight excluding hydrogens is 612 g/mol. The first-order valence-electron chi connectivity index (χ1n) is 12.6. The van der Waals surface area contributed by atoms with E-state index in [9.17, 15) is 14.4 Å². The Hall–Kier alpha value is -4.22. The highest BCUT2D eigenvalue weighted by atomic mass is 79.9. The van der Waals surface area contributed by atoms with Crippen LogP contribution in [-0.2, 0) is 14.3 Å². The quantitative estimate of drug-likeness (QED) is 0.272. The Morgan fingerprint density at radius 3 is 2.63 bits per heavy atom. The van der Waals surface area contributed by atoms with Crippen molar-refractivity contribution in [3.8, 4) is 17.1 Å². The second kappa shape index (κ2) is 11.7. The van der Waals surface area contributed by atoms with Gasteiger partial charge in [-0.2, -0.15) is 0 Å². The number of fused-ring (bicyclic) bond motifs is 1. The van der Waals surface area contributed by atoms with Gasteiger partial charge < -0.3 is 18.6 Å². The third-order valence-corrected chi connectivity index (χ3v) is 8.08. The van der Waals surface area contributed by atoms with Crippen LogP contribution in [0.1, 0.15) is 41.6 Å². The third kappa shape index (κ3) is 5.42. The Morgan fingerprint density at radius 1 is 1.12 bits per heavy atom. The van der Waals surface area contributed by atoms with Crippen molar-refractivity contribution in [1.29, 1.82) is 0 Å². The molecule has 1 atom stereocenters. The lowest BCUT2D eigenvalue weighted by molar-refractivity contribution is -0.139. The van der Waals surface area contributed by atoms with E-state index in [2.05, 4.69) is 20.9 Å². The fourth-order valence-corrected chi connectivity index (χ4v) is 6.18. The molecule has 0 aliphatic carbocycles. The minimum atomic E-state index is -0.761. The number of nitrogens with zero attached hydrogens (tertiary/aromatic N) is 2. The summed E-state index contributed by atoms with van der Waals surface area (Å²) in [6.45, 7) is 3.64. The molecule has 3 heterocycles. The molecule has 1 aliphatic heterocycles. The molecule has 0 bridgehead atoms. The maximum absolute atomic E-state index is 13.8. The molecule has 1 aliphatic rings. The summed E-state index contributed by atoms with van der Waals surface area (Å²) in [5, 5.41) is 0. The van der Waals surface area contributed by atoms with E-state index in [0.29, 0.717) is 53.5 Å². The molecule has 11 heteroatoms. The number of hydrogen-bond acceptors (Lipinski definition) is 9. The molecule has 2 aromatic carbocycles. The normalized spacial score (nSPS) is 14.9. The van der Waals surface area contributed by atoms with Crippen LogP contribution in [0.4, 0.5) is 0 Å². The number of benzene rings is 2. The summed E-state index contributed by atoms with van der Waals surface area (Å²) in [5.41, 5.74) is 2.20. The van der Waals surface area contributed by atoms with Gasteiger partial charge in [-0.15, -0.1) is 0 Å². The summed E-state index contributed by atoms with van der Waals surface area (Å²) in [6, 6.07) is 15.0. The molecule has 0 spiro atoms. The van der Waals surface area contributed by atoms with Gasteiger partial charge in [-0.25, -0.2) is 14.6 Å². The van der Waals surface area contributed by atoms with Crippen LogP contribution in [-0.4, -0.2) is 37.3 Å². The standard InChI is InChI=1S/C30H25BrN2O7S/c1-5-39-29(36)25-16(2)32-30-33(26(25)18-9-11-23(37-3)21(31)14-18)27(34)24(41-30)15-20-10-12-22(40-20)17-7-6-8-19(13-17)28(35)38-4/h6-15,26H,5H2,1-4H3/b24-15+. The Bertz CT molecular complexity index is 1880. The number of halogens is 1.